The second kappa shape index (κ2) is 19.7. The Morgan fingerprint density at radius 3 is 1.27 bits per heavy atom. The Morgan fingerprint density at radius 1 is 0.468 bits per heavy atom. The van der Waals surface area contributed by atoms with Crippen molar-refractivity contribution in [1.29, 1.82) is 0 Å². The summed E-state index contributed by atoms with van der Waals surface area (Å²) < 4.78 is 0. The fourth-order valence-electron chi connectivity index (χ4n) is 9.28. The molecule has 4 nitrogen and oxygen atoms in total. The Labute approximate surface area is 373 Å². The van der Waals surface area contributed by atoms with E-state index >= 15 is 4.79 Å². The highest BCUT2D eigenvalue weighted by Gasteiger charge is 2.41. The standard InChI is InChI=1S/C57H72O4P/c1-13-34(7)41-26-43-30-48(38(11)17-5)52(32-50(43)46(28-41)36(9)15-3)55-45(57(58)40-22-20-19-21-23-40)24-25-54(62(59,60)61)56(55)53-33-51-44(31-49(53)39(12)18-6)27-42(35(8)14-2)29-47(51)37(10)16-4/h19-39,59-61H,13-18H2,1-12H3/q+1. The van der Waals surface area contributed by atoms with Crippen molar-refractivity contribution in [3.63, 3.8) is 0 Å². The van der Waals surface area contributed by atoms with Crippen LogP contribution in [0.2, 0.25) is 0 Å². The van der Waals surface area contributed by atoms with Crippen LogP contribution in [-0.4, -0.2) is 20.5 Å². The zero-order valence-electron chi connectivity index (χ0n) is 39.6. The first-order valence-corrected chi connectivity index (χ1v) is 25.3. The van der Waals surface area contributed by atoms with E-state index in [1.54, 1.807) is 12.1 Å². The molecule has 0 aromatic heterocycles. The average molecular weight is 852 g/mol. The molecule has 0 saturated heterocycles. The van der Waals surface area contributed by atoms with E-state index < -0.39 is 7.94 Å². The van der Waals surface area contributed by atoms with Gasteiger partial charge in [0.25, 0.3) is 0 Å². The molecule has 0 amide bonds. The van der Waals surface area contributed by atoms with Gasteiger partial charge in [0.15, 0.2) is 11.1 Å². The zero-order valence-corrected chi connectivity index (χ0v) is 40.5. The van der Waals surface area contributed by atoms with Gasteiger partial charge in [0.05, 0.1) is 0 Å². The first kappa shape index (κ1) is 47.3. The van der Waals surface area contributed by atoms with Crippen molar-refractivity contribution >= 4 is 40.6 Å². The van der Waals surface area contributed by atoms with Gasteiger partial charge in [-0.3, -0.25) is 4.79 Å². The number of benzene rings is 6. The predicted molar refractivity (Wildman–Crippen MR) is 268 cm³/mol. The molecule has 0 saturated carbocycles. The molecule has 6 rings (SSSR count). The molecule has 3 N–H and O–H groups in total. The molecule has 6 aromatic rings. The molecule has 0 fully saturated rings. The summed E-state index contributed by atoms with van der Waals surface area (Å²) in [7, 11) is -4.68. The van der Waals surface area contributed by atoms with E-state index in [2.05, 4.69) is 132 Å². The SMILES string of the molecule is CCC(C)c1cc(C(C)CC)c2cc(-c3c(C(=O)c4ccccc4)ccc([P+](O)(O)O)c3-c3cc4c(C(C)CC)cc(C(C)CC)cc4cc3C(C)CC)c(C(C)CC)cc2c1. The van der Waals surface area contributed by atoms with E-state index in [1.807, 2.05) is 30.3 Å². The van der Waals surface area contributed by atoms with Gasteiger partial charge in [-0.05, 0) is 164 Å². The summed E-state index contributed by atoms with van der Waals surface area (Å²) in [5.41, 5.74) is 11.2. The summed E-state index contributed by atoms with van der Waals surface area (Å²) in [6, 6.07) is 31.4. The third-order valence-corrected chi connectivity index (χ3v) is 15.6. The molecule has 0 aliphatic heterocycles. The van der Waals surface area contributed by atoms with Crippen LogP contribution in [0.15, 0.2) is 91.0 Å². The number of hydrogen-bond acceptors (Lipinski definition) is 4. The van der Waals surface area contributed by atoms with Crippen LogP contribution in [0.1, 0.15) is 206 Å². The smallest absolute Gasteiger partial charge is 0.289 e. The highest BCUT2D eigenvalue weighted by molar-refractivity contribution is 7.67. The molecule has 0 radical (unpaired) electrons. The van der Waals surface area contributed by atoms with Crippen LogP contribution >= 0.6 is 7.94 Å². The first-order chi connectivity index (χ1) is 29.5. The van der Waals surface area contributed by atoms with Crippen molar-refractivity contribution in [2.45, 2.75) is 157 Å². The minimum atomic E-state index is -4.68. The zero-order chi connectivity index (χ0) is 45.2. The van der Waals surface area contributed by atoms with Gasteiger partial charge in [-0.25, -0.2) is 0 Å². The molecule has 0 aliphatic carbocycles. The molecule has 0 spiro atoms. The Hall–Kier alpha value is -4.18. The van der Waals surface area contributed by atoms with Crippen molar-refractivity contribution in [3.05, 3.63) is 136 Å². The number of carbonyl (C=O) groups is 1. The Balaban J connectivity index is 1.91. The van der Waals surface area contributed by atoms with Crippen molar-refractivity contribution in [1.82, 2.24) is 0 Å². The maximum atomic E-state index is 15.2. The van der Waals surface area contributed by atoms with Crippen molar-refractivity contribution in [3.8, 4) is 22.3 Å². The van der Waals surface area contributed by atoms with Gasteiger partial charge in [-0.1, -0.05) is 150 Å². The third-order valence-electron chi connectivity index (χ3n) is 14.6. The van der Waals surface area contributed by atoms with Gasteiger partial charge < -0.3 is 0 Å². The molecule has 6 atom stereocenters. The van der Waals surface area contributed by atoms with E-state index in [0.717, 1.165) is 76.9 Å². The van der Waals surface area contributed by atoms with Gasteiger partial charge in [-0.15, -0.1) is 0 Å². The van der Waals surface area contributed by atoms with Gasteiger partial charge in [-0.2, -0.15) is 14.7 Å². The summed E-state index contributed by atoms with van der Waals surface area (Å²) in [5.74, 6) is 1.37. The van der Waals surface area contributed by atoms with E-state index in [0.29, 0.717) is 34.1 Å². The topological polar surface area (TPSA) is 77.8 Å². The number of ketones is 1. The summed E-state index contributed by atoms with van der Waals surface area (Å²) in [4.78, 5) is 50.1. The van der Waals surface area contributed by atoms with Gasteiger partial charge in [0.1, 0.15) is 0 Å². The van der Waals surface area contributed by atoms with E-state index in [1.165, 1.54) is 27.6 Å². The lowest BCUT2D eigenvalue weighted by molar-refractivity contribution is 0.103. The monoisotopic (exact) mass is 852 g/mol. The Kier molecular flexibility index (Phi) is 15.0. The quantitative estimate of drug-likeness (QED) is 0.0631. The van der Waals surface area contributed by atoms with Crippen LogP contribution in [0.25, 0.3) is 43.8 Å². The highest BCUT2D eigenvalue weighted by Crippen LogP contribution is 2.53. The van der Waals surface area contributed by atoms with Crippen LogP contribution in [0.3, 0.4) is 0 Å². The van der Waals surface area contributed by atoms with Crippen molar-refractivity contribution < 1.29 is 19.5 Å². The van der Waals surface area contributed by atoms with Crippen LogP contribution in [-0.2, 0) is 0 Å². The molecule has 62 heavy (non-hydrogen) atoms. The van der Waals surface area contributed by atoms with Gasteiger partial charge in [0, 0.05) is 22.3 Å². The maximum absolute atomic E-state index is 15.2. The van der Waals surface area contributed by atoms with Crippen LogP contribution in [0.5, 0.6) is 0 Å². The number of hydrogen-bond donors (Lipinski definition) is 3. The number of rotatable bonds is 17. The largest absolute Gasteiger partial charge is 0.441 e. The van der Waals surface area contributed by atoms with Crippen LogP contribution in [0, 0.1) is 0 Å². The summed E-state index contributed by atoms with van der Waals surface area (Å²) in [6.07, 6.45) is 5.72. The van der Waals surface area contributed by atoms with Gasteiger partial charge in [0.2, 0.25) is 0 Å². The van der Waals surface area contributed by atoms with E-state index in [9.17, 15) is 14.7 Å². The average Bonchev–Trinajstić information content (AvgIpc) is 3.29. The van der Waals surface area contributed by atoms with Gasteiger partial charge >= 0.3 is 7.94 Å². The Bertz CT molecular complexity index is 2550. The van der Waals surface area contributed by atoms with Crippen molar-refractivity contribution in [2.75, 3.05) is 0 Å². The molecule has 328 valence electrons. The second-order valence-electron chi connectivity index (χ2n) is 18.5. The number of fused-ring (bicyclic) bond motifs is 2. The molecular formula is C57H72O4P+. The van der Waals surface area contributed by atoms with Crippen LogP contribution in [0.4, 0.5) is 0 Å². The summed E-state index contributed by atoms with van der Waals surface area (Å²) in [6.45, 7) is 27.0. The summed E-state index contributed by atoms with van der Waals surface area (Å²) in [5, 5.41) is 4.65. The molecule has 6 aromatic carbocycles. The minimum absolute atomic E-state index is 0.0618. The Morgan fingerprint density at radius 2 is 0.871 bits per heavy atom. The lowest BCUT2D eigenvalue weighted by Gasteiger charge is -2.27. The van der Waals surface area contributed by atoms with Crippen molar-refractivity contribution in [2.24, 2.45) is 0 Å². The molecule has 0 heterocycles. The highest BCUT2D eigenvalue weighted by atomic mass is 31.2. The lowest BCUT2D eigenvalue weighted by Crippen LogP contribution is -2.18. The summed E-state index contributed by atoms with van der Waals surface area (Å²) >= 11 is 0. The first-order valence-electron chi connectivity index (χ1n) is 23.6. The maximum Gasteiger partial charge on any atom is 0.441 e. The fourth-order valence-corrected chi connectivity index (χ4v) is 10.1. The molecule has 0 bridgehead atoms. The molecule has 6 unspecified atom stereocenters. The third kappa shape index (κ3) is 9.23. The minimum Gasteiger partial charge on any atom is -0.289 e. The van der Waals surface area contributed by atoms with E-state index in [4.69, 9.17) is 0 Å². The lowest BCUT2D eigenvalue weighted by atomic mass is 9.77. The second-order valence-corrected chi connectivity index (χ2v) is 20.2. The number of carbonyl (C=O) groups excluding carboxylic acids is 1. The molecule has 0 aliphatic rings. The normalized spacial score (nSPS) is 15.1. The van der Waals surface area contributed by atoms with Crippen LogP contribution < -0.4 is 5.30 Å². The fraction of sp³-hybridized carbons (Fsp3) is 0.421. The molecular weight excluding hydrogens is 780 g/mol. The predicted octanol–water partition coefficient (Wildman–Crippen LogP) is 16.0. The van der Waals surface area contributed by atoms with E-state index in [-0.39, 0.29) is 34.8 Å². The molecule has 5 heteroatoms.